The van der Waals surface area contributed by atoms with Gasteiger partial charge in [0.1, 0.15) is 5.82 Å². The first-order valence-corrected chi connectivity index (χ1v) is 7.32. The number of alkyl halides is 3. The maximum atomic E-state index is 13.0. The molecule has 0 saturated carbocycles. The number of amides is 1. The molecule has 0 radical (unpaired) electrons. The first kappa shape index (κ1) is 17.3. The van der Waals surface area contributed by atoms with Crippen molar-refractivity contribution in [2.45, 2.75) is 19.0 Å². The summed E-state index contributed by atoms with van der Waals surface area (Å²) in [4.78, 5) is 22.8. The predicted molar refractivity (Wildman–Crippen MR) is 80.4 cm³/mol. The van der Waals surface area contributed by atoms with Gasteiger partial charge in [0.25, 0.3) is 0 Å². The molecule has 0 aromatic carbocycles. The minimum Gasteiger partial charge on any atom is -0.363 e. The molecule has 128 valence electrons. The third kappa shape index (κ3) is 4.02. The molecule has 9 heteroatoms. The molecule has 6 nitrogen and oxygen atoms in total. The maximum Gasteiger partial charge on any atom is 0.433 e. The molecule has 2 rings (SSSR count). The van der Waals surface area contributed by atoms with Crippen molar-refractivity contribution in [3.63, 3.8) is 0 Å². The number of halogens is 3. The van der Waals surface area contributed by atoms with Gasteiger partial charge in [-0.1, -0.05) is 0 Å². The van der Waals surface area contributed by atoms with Crippen molar-refractivity contribution < 1.29 is 18.0 Å². The van der Waals surface area contributed by atoms with Gasteiger partial charge in [-0.15, -0.1) is 0 Å². The van der Waals surface area contributed by atoms with Gasteiger partial charge in [-0.2, -0.15) is 18.2 Å². The molecule has 0 bridgehead atoms. The average molecular weight is 331 g/mol. The number of nitrogens with zero attached hydrogens (tertiary/aromatic N) is 4. The Hall–Kier alpha value is -2.06. The van der Waals surface area contributed by atoms with Gasteiger partial charge < -0.3 is 15.1 Å². The number of piperidine rings is 1. The second-order valence-corrected chi connectivity index (χ2v) is 5.70. The van der Waals surface area contributed by atoms with Gasteiger partial charge in [0.05, 0.1) is 5.92 Å². The van der Waals surface area contributed by atoms with Crippen LogP contribution in [0.4, 0.5) is 24.9 Å². The van der Waals surface area contributed by atoms with Crippen molar-refractivity contribution in [1.82, 2.24) is 15.3 Å². The van der Waals surface area contributed by atoms with Crippen LogP contribution in [0.15, 0.2) is 6.07 Å². The Morgan fingerprint density at radius 3 is 2.65 bits per heavy atom. The molecule has 0 spiro atoms. The van der Waals surface area contributed by atoms with Crippen LogP contribution >= 0.6 is 0 Å². The van der Waals surface area contributed by atoms with Crippen molar-refractivity contribution in [2.75, 3.05) is 44.0 Å². The quantitative estimate of drug-likeness (QED) is 0.910. The van der Waals surface area contributed by atoms with E-state index in [1.54, 1.807) is 26.0 Å². The summed E-state index contributed by atoms with van der Waals surface area (Å²) in [6, 6.07) is 0.920. The van der Waals surface area contributed by atoms with Crippen LogP contribution in [0.3, 0.4) is 0 Å². The Kier molecular flexibility index (Phi) is 4.96. The summed E-state index contributed by atoms with van der Waals surface area (Å²) >= 11 is 0. The maximum absolute atomic E-state index is 13.0. The normalized spacial score (nSPS) is 18.7. The predicted octanol–water partition coefficient (Wildman–Crippen LogP) is 1.52. The zero-order chi connectivity index (χ0) is 17.2. The monoisotopic (exact) mass is 331 g/mol. The highest BCUT2D eigenvalue weighted by Crippen LogP contribution is 2.31. The molecule has 1 atom stereocenters. The van der Waals surface area contributed by atoms with E-state index in [9.17, 15) is 18.0 Å². The third-order valence-electron chi connectivity index (χ3n) is 3.77. The zero-order valence-corrected chi connectivity index (χ0v) is 13.3. The van der Waals surface area contributed by atoms with E-state index in [-0.39, 0.29) is 23.6 Å². The number of hydrogen-bond donors (Lipinski definition) is 1. The topological polar surface area (TPSA) is 61.4 Å². The van der Waals surface area contributed by atoms with E-state index >= 15 is 0 Å². The smallest absolute Gasteiger partial charge is 0.363 e. The molecule has 1 amide bonds. The summed E-state index contributed by atoms with van der Waals surface area (Å²) in [7, 11) is 4.79. The molecule has 1 fully saturated rings. The molecule has 1 aliphatic heterocycles. The Morgan fingerprint density at radius 1 is 1.39 bits per heavy atom. The van der Waals surface area contributed by atoms with Crippen LogP contribution in [-0.2, 0) is 11.0 Å². The van der Waals surface area contributed by atoms with Gasteiger partial charge in [0, 0.05) is 40.3 Å². The first-order valence-electron chi connectivity index (χ1n) is 7.32. The number of carbonyl (C=O) groups excluding carboxylic acids is 1. The minimum atomic E-state index is -4.54. The second-order valence-electron chi connectivity index (χ2n) is 5.70. The van der Waals surface area contributed by atoms with Crippen molar-refractivity contribution >= 4 is 17.7 Å². The fourth-order valence-corrected chi connectivity index (χ4v) is 2.51. The molecule has 0 aliphatic carbocycles. The van der Waals surface area contributed by atoms with Crippen molar-refractivity contribution in [2.24, 2.45) is 5.92 Å². The van der Waals surface area contributed by atoms with Crippen LogP contribution in [0.2, 0.25) is 0 Å². The largest absolute Gasteiger partial charge is 0.433 e. The second kappa shape index (κ2) is 6.59. The van der Waals surface area contributed by atoms with E-state index in [1.165, 1.54) is 4.90 Å². The minimum absolute atomic E-state index is 0.0112. The van der Waals surface area contributed by atoms with E-state index in [0.29, 0.717) is 25.9 Å². The standard InChI is InChI=1S/C14H20F3N5O/c1-18-12(23)9-5-4-6-22(8-9)13-19-10(14(15,16)17)7-11(20-13)21(2)3/h7,9H,4-6,8H2,1-3H3,(H,18,23). The summed E-state index contributed by atoms with van der Waals surface area (Å²) < 4.78 is 39.1. The summed E-state index contributed by atoms with van der Waals surface area (Å²) in [5, 5.41) is 2.58. The number of aromatic nitrogens is 2. The van der Waals surface area contributed by atoms with E-state index in [4.69, 9.17) is 0 Å². The lowest BCUT2D eigenvalue weighted by molar-refractivity contribution is -0.141. The first-order chi connectivity index (χ1) is 10.7. The van der Waals surface area contributed by atoms with E-state index in [0.717, 1.165) is 6.07 Å². The van der Waals surface area contributed by atoms with Crippen LogP contribution in [0.1, 0.15) is 18.5 Å². The molecule has 1 N–H and O–H groups in total. The molecule has 1 aromatic heterocycles. The Balaban J connectivity index is 2.34. The SMILES string of the molecule is CNC(=O)C1CCCN(c2nc(N(C)C)cc(C(F)(F)F)n2)C1. The zero-order valence-electron chi connectivity index (χ0n) is 13.3. The van der Waals surface area contributed by atoms with Gasteiger partial charge in [-0.3, -0.25) is 4.79 Å². The molecule has 1 aromatic rings. The number of carbonyl (C=O) groups is 1. The summed E-state index contributed by atoms with van der Waals surface area (Å²) in [5.41, 5.74) is -0.978. The lowest BCUT2D eigenvalue weighted by atomic mass is 9.97. The highest BCUT2D eigenvalue weighted by atomic mass is 19.4. The van der Waals surface area contributed by atoms with Crippen molar-refractivity contribution in [3.8, 4) is 0 Å². The molecule has 2 heterocycles. The number of anilines is 2. The molecule has 23 heavy (non-hydrogen) atoms. The Morgan fingerprint density at radius 2 is 2.09 bits per heavy atom. The Labute approximate surface area is 132 Å². The molecule has 1 unspecified atom stereocenters. The lowest BCUT2D eigenvalue weighted by Crippen LogP contribution is -2.43. The number of hydrogen-bond acceptors (Lipinski definition) is 5. The van der Waals surface area contributed by atoms with E-state index in [2.05, 4.69) is 15.3 Å². The van der Waals surface area contributed by atoms with Crippen LogP contribution in [0.25, 0.3) is 0 Å². The number of rotatable bonds is 3. The van der Waals surface area contributed by atoms with Gasteiger partial charge >= 0.3 is 6.18 Å². The van der Waals surface area contributed by atoms with Gasteiger partial charge in [-0.25, -0.2) is 4.98 Å². The third-order valence-corrected chi connectivity index (χ3v) is 3.77. The van der Waals surface area contributed by atoms with Gasteiger partial charge in [0.2, 0.25) is 11.9 Å². The fourth-order valence-electron chi connectivity index (χ4n) is 2.51. The average Bonchev–Trinajstić information content (AvgIpc) is 2.53. The summed E-state index contributed by atoms with van der Waals surface area (Å²) in [5.74, 6) is -0.189. The van der Waals surface area contributed by atoms with Crippen LogP contribution in [-0.4, -0.2) is 50.1 Å². The highest BCUT2D eigenvalue weighted by molar-refractivity contribution is 5.79. The van der Waals surface area contributed by atoms with Crippen LogP contribution in [0.5, 0.6) is 0 Å². The van der Waals surface area contributed by atoms with E-state index < -0.39 is 11.9 Å². The lowest BCUT2D eigenvalue weighted by Gasteiger charge is -2.32. The van der Waals surface area contributed by atoms with Gasteiger partial charge in [0.15, 0.2) is 5.69 Å². The fraction of sp³-hybridized carbons (Fsp3) is 0.643. The summed E-state index contributed by atoms with van der Waals surface area (Å²) in [6.45, 7) is 0.843. The van der Waals surface area contributed by atoms with Crippen LogP contribution in [0, 0.1) is 5.92 Å². The Bertz CT molecular complexity index is 576. The highest BCUT2D eigenvalue weighted by Gasteiger charge is 2.35. The number of nitrogens with one attached hydrogen (secondary N) is 1. The van der Waals surface area contributed by atoms with Gasteiger partial charge in [-0.05, 0) is 12.8 Å². The molecular formula is C14H20F3N5O. The molecule has 1 saturated heterocycles. The van der Waals surface area contributed by atoms with Crippen molar-refractivity contribution in [3.05, 3.63) is 11.8 Å². The summed E-state index contributed by atoms with van der Waals surface area (Å²) in [6.07, 6.45) is -3.14. The molecule has 1 aliphatic rings. The molecular weight excluding hydrogens is 311 g/mol. The van der Waals surface area contributed by atoms with Crippen LogP contribution < -0.4 is 15.1 Å². The van der Waals surface area contributed by atoms with Crippen molar-refractivity contribution in [1.29, 1.82) is 0 Å². The van der Waals surface area contributed by atoms with E-state index in [1.807, 2.05) is 0 Å².